The van der Waals surface area contributed by atoms with Crippen LogP contribution in [-0.2, 0) is 0 Å². The van der Waals surface area contributed by atoms with Crippen molar-refractivity contribution < 1.29 is 4.79 Å². The van der Waals surface area contributed by atoms with Gasteiger partial charge in [0.1, 0.15) is 0 Å². The normalized spacial score (nSPS) is 12.7. The number of benzene rings is 2. The average Bonchev–Trinajstić information content (AvgIpc) is 2.54. The van der Waals surface area contributed by atoms with Crippen LogP contribution in [0.2, 0.25) is 0 Å². The molecule has 2 aromatic rings. The molecule has 0 aliphatic heterocycles. The van der Waals surface area contributed by atoms with Crippen molar-refractivity contribution in [1.29, 1.82) is 0 Å². The first kappa shape index (κ1) is 15.2. The molecule has 0 radical (unpaired) electrons. The number of hydrogen-bond acceptors (Lipinski definition) is 1. The summed E-state index contributed by atoms with van der Waals surface area (Å²) in [4.78, 5) is 12.6. The Balaban J connectivity index is 2.29. The predicted molar refractivity (Wildman–Crippen MR) is 88.6 cm³/mol. The number of rotatable bonds is 6. The molecule has 0 aliphatic carbocycles. The first-order valence-corrected chi connectivity index (χ1v) is 7.31. The van der Waals surface area contributed by atoms with Crippen LogP contribution in [0, 0.1) is 5.41 Å². The zero-order valence-corrected chi connectivity index (χ0v) is 12.8. The van der Waals surface area contributed by atoms with Crippen molar-refractivity contribution in [3.63, 3.8) is 0 Å². The molecule has 0 spiro atoms. The van der Waals surface area contributed by atoms with Crippen molar-refractivity contribution in [3.8, 4) is 0 Å². The molecule has 0 saturated heterocycles. The Morgan fingerprint density at radius 3 is 2.10 bits per heavy atom. The third-order valence-electron chi connectivity index (χ3n) is 4.11. The Morgan fingerprint density at radius 1 is 1.05 bits per heavy atom. The van der Waals surface area contributed by atoms with Crippen molar-refractivity contribution in [2.24, 2.45) is 5.41 Å². The number of allylic oxidation sites excluding steroid dienone is 1. The molecular formula is C20H22O. The van der Waals surface area contributed by atoms with Crippen molar-refractivity contribution in [3.05, 3.63) is 84.4 Å². The monoisotopic (exact) mass is 278 g/mol. The number of hydrogen-bond donors (Lipinski definition) is 0. The van der Waals surface area contributed by atoms with Gasteiger partial charge in [0.25, 0.3) is 0 Å². The smallest absolute Gasteiger partial charge is 0.163 e. The van der Waals surface area contributed by atoms with E-state index in [2.05, 4.69) is 32.6 Å². The summed E-state index contributed by atoms with van der Waals surface area (Å²) in [6, 6.07) is 19.7. The number of carbonyl (C=O) groups is 1. The molecule has 0 aromatic heterocycles. The highest BCUT2D eigenvalue weighted by Gasteiger charge is 2.30. The molecular weight excluding hydrogens is 256 g/mol. The highest BCUT2D eigenvalue weighted by Crippen LogP contribution is 2.39. The van der Waals surface area contributed by atoms with Gasteiger partial charge >= 0.3 is 0 Å². The summed E-state index contributed by atoms with van der Waals surface area (Å²) in [6.45, 7) is 8.22. The van der Waals surface area contributed by atoms with Gasteiger partial charge in [-0.1, -0.05) is 80.6 Å². The SMILES string of the molecule is C=CC(C)(C)C(CC(=O)c1ccccc1)c1ccccc1. The Bertz CT molecular complexity index is 596. The van der Waals surface area contributed by atoms with Crippen molar-refractivity contribution in [2.45, 2.75) is 26.2 Å². The third kappa shape index (κ3) is 3.69. The van der Waals surface area contributed by atoms with Crippen LogP contribution >= 0.6 is 0 Å². The van der Waals surface area contributed by atoms with E-state index in [1.807, 2.05) is 54.6 Å². The van der Waals surface area contributed by atoms with Crippen LogP contribution in [0.15, 0.2) is 73.3 Å². The van der Waals surface area contributed by atoms with E-state index in [-0.39, 0.29) is 17.1 Å². The molecule has 0 heterocycles. The van der Waals surface area contributed by atoms with Crippen LogP contribution in [0.1, 0.15) is 42.1 Å². The number of carbonyl (C=O) groups excluding carboxylic acids is 1. The van der Waals surface area contributed by atoms with Gasteiger partial charge in [-0.2, -0.15) is 0 Å². The van der Waals surface area contributed by atoms with Gasteiger partial charge in [0.2, 0.25) is 0 Å². The maximum absolute atomic E-state index is 12.6. The van der Waals surface area contributed by atoms with Gasteiger partial charge in [0, 0.05) is 12.0 Å². The van der Waals surface area contributed by atoms with E-state index < -0.39 is 0 Å². The maximum atomic E-state index is 12.6. The van der Waals surface area contributed by atoms with Gasteiger partial charge in [-0.15, -0.1) is 6.58 Å². The Morgan fingerprint density at radius 2 is 1.57 bits per heavy atom. The van der Waals surface area contributed by atoms with Crippen molar-refractivity contribution in [2.75, 3.05) is 0 Å². The molecule has 0 amide bonds. The summed E-state index contributed by atoms with van der Waals surface area (Å²) >= 11 is 0. The van der Waals surface area contributed by atoms with Gasteiger partial charge in [0.05, 0.1) is 0 Å². The summed E-state index contributed by atoms with van der Waals surface area (Å²) in [5, 5.41) is 0. The third-order valence-corrected chi connectivity index (χ3v) is 4.11. The predicted octanol–water partition coefficient (Wildman–Crippen LogP) is 5.26. The maximum Gasteiger partial charge on any atom is 0.163 e. The average molecular weight is 278 g/mol. The first-order chi connectivity index (χ1) is 10.0. The molecule has 1 nitrogen and oxygen atoms in total. The second kappa shape index (κ2) is 6.53. The molecule has 108 valence electrons. The van der Waals surface area contributed by atoms with E-state index in [0.29, 0.717) is 6.42 Å². The summed E-state index contributed by atoms with van der Waals surface area (Å²) in [6.07, 6.45) is 2.44. The lowest BCUT2D eigenvalue weighted by Crippen LogP contribution is -2.22. The molecule has 0 fully saturated rings. The minimum Gasteiger partial charge on any atom is -0.294 e. The summed E-state index contributed by atoms with van der Waals surface area (Å²) in [5.74, 6) is 0.309. The van der Waals surface area contributed by atoms with Crippen LogP contribution in [-0.4, -0.2) is 5.78 Å². The van der Waals surface area contributed by atoms with Gasteiger partial charge < -0.3 is 0 Å². The fraction of sp³-hybridized carbons (Fsp3) is 0.250. The molecule has 0 saturated carbocycles. The topological polar surface area (TPSA) is 17.1 Å². The first-order valence-electron chi connectivity index (χ1n) is 7.31. The second-order valence-electron chi connectivity index (χ2n) is 5.98. The molecule has 2 rings (SSSR count). The number of Topliss-reactive ketones (excluding diaryl/α,β-unsaturated/α-hetero) is 1. The van der Waals surface area contributed by atoms with Gasteiger partial charge in [0.15, 0.2) is 5.78 Å². The minimum atomic E-state index is -0.133. The zero-order valence-electron chi connectivity index (χ0n) is 12.8. The standard InChI is InChI=1S/C20H22O/c1-4-20(2,3)18(16-11-7-5-8-12-16)15-19(21)17-13-9-6-10-14-17/h4-14,18H,1,15H2,2-3H3. The van der Waals surface area contributed by atoms with E-state index in [1.54, 1.807) is 0 Å². The molecule has 0 N–H and O–H groups in total. The molecule has 0 bridgehead atoms. The number of ketones is 1. The molecule has 21 heavy (non-hydrogen) atoms. The van der Waals surface area contributed by atoms with E-state index in [9.17, 15) is 4.79 Å². The van der Waals surface area contributed by atoms with E-state index in [4.69, 9.17) is 0 Å². The molecule has 0 aliphatic rings. The van der Waals surface area contributed by atoms with Crippen LogP contribution in [0.25, 0.3) is 0 Å². The van der Waals surface area contributed by atoms with Crippen LogP contribution in [0.4, 0.5) is 0 Å². The van der Waals surface area contributed by atoms with Gasteiger partial charge in [-0.3, -0.25) is 4.79 Å². The van der Waals surface area contributed by atoms with Gasteiger partial charge in [-0.05, 0) is 16.9 Å². The molecule has 1 heteroatoms. The van der Waals surface area contributed by atoms with Crippen molar-refractivity contribution >= 4 is 5.78 Å². The quantitative estimate of drug-likeness (QED) is 0.520. The van der Waals surface area contributed by atoms with Crippen LogP contribution < -0.4 is 0 Å². The van der Waals surface area contributed by atoms with E-state index in [0.717, 1.165) is 5.56 Å². The lowest BCUT2D eigenvalue weighted by molar-refractivity contribution is 0.0957. The minimum absolute atomic E-state index is 0.129. The van der Waals surface area contributed by atoms with E-state index in [1.165, 1.54) is 5.56 Å². The van der Waals surface area contributed by atoms with E-state index >= 15 is 0 Å². The Hall–Kier alpha value is -2.15. The fourth-order valence-electron chi connectivity index (χ4n) is 2.57. The largest absolute Gasteiger partial charge is 0.294 e. The van der Waals surface area contributed by atoms with Gasteiger partial charge in [-0.25, -0.2) is 0 Å². The van der Waals surface area contributed by atoms with Crippen LogP contribution in [0.3, 0.4) is 0 Å². The summed E-state index contributed by atoms with van der Waals surface area (Å²) < 4.78 is 0. The lowest BCUT2D eigenvalue weighted by Gasteiger charge is -2.31. The zero-order chi connectivity index (χ0) is 15.3. The van der Waals surface area contributed by atoms with Crippen LogP contribution in [0.5, 0.6) is 0 Å². The summed E-state index contributed by atoms with van der Waals surface area (Å²) in [5.41, 5.74) is 1.83. The summed E-state index contributed by atoms with van der Waals surface area (Å²) in [7, 11) is 0. The fourth-order valence-corrected chi connectivity index (χ4v) is 2.57. The Labute approximate surface area is 127 Å². The lowest BCUT2D eigenvalue weighted by atomic mass is 9.72. The molecule has 2 aromatic carbocycles. The molecule has 1 atom stereocenters. The van der Waals surface area contributed by atoms with Crippen molar-refractivity contribution in [1.82, 2.24) is 0 Å². The Kier molecular flexibility index (Phi) is 4.74. The molecule has 1 unspecified atom stereocenters. The highest BCUT2D eigenvalue weighted by atomic mass is 16.1. The second-order valence-corrected chi connectivity index (χ2v) is 5.98. The highest BCUT2D eigenvalue weighted by molar-refractivity contribution is 5.96.